The fourth-order valence-electron chi connectivity index (χ4n) is 1.63. The molecule has 2 aromatic rings. The number of hydrogen-bond acceptors (Lipinski definition) is 4. The zero-order valence-corrected chi connectivity index (χ0v) is 12.6. The Morgan fingerprint density at radius 1 is 1.44 bits per heavy atom. The molecule has 0 saturated heterocycles. The van der Waals surface area contributed by atoms with Gasteiger partial charge in [0.2, 0.25) is 0 Å². The zero-order chi connectivity index (χ0) is 13.0. The van der Waals surface area contributed by atoms with Crippen molar-refractivity contribution in [1.82, 2.24) is 4.98 Å². The quantitative estimate of drug-likeness (QED) is 0.915. The highest BCUT2D eigenvalue weighted by Crippen LogP contribution is 2.32. The molecule has 3 nitrogen and oxygen atoms in total. The smallest absolute Gasteiger partial charge is 0.120 e. The number of hydrogen-bond donors (Lipinski definition) is 1. The van der Waals surface area contributed by atoms with E-state index in [0.717, 1.165) is 32.9 Å². The van der Waals surface area contributed by atoms with E-state index in [0.29, 0.717) is 13.2 Å². The SMILES string of the molecule is CCOc1ccc(-c2csc(CCN)n2)c(Br)c1. The van der Waals surface area contributed by atoms with E-state index in [1.807, 2.05) is 25.1 Å². The van der Waals surface area contributed by atoms with E-state index in [2.05, 4.69) is 26.3 Å². The summed E-state index contributed by atoms with van der Waals surface area (Å²) in [5, 5.41) is 3.14. The summed E-state index contributed by atoms with van der Waals surface area (Å²) >= 11 is 5.21. The zero-order valence-electron chi connectivity index (χ0n) is 10.1. The Morgan fingerprint density at radius 2 is 2.28 bits per heavy atom. The molecule has 0 saturated carbocycles. The topological polar surface area (TPSA) is 48.1 Å². The molecular weight excluding hydrogens is 312 g/mol. The molecule has 0 atom stereocenters. The lowest BCUT2D eigenvalue weighted by Gasteiger charge is -2.06. The van der Waals surface area contributed by atoms with Crippen LogP contribution in [-0.4, -0.2) is 18.1 Å². The molecule has 0 bridgehead atoms. The predicted octanol–water partition coefficient (Wildman–Crippen LogP) is 3.47. The Morgan fingerprint density at radius 3 is 2.94 bits per heavy atom. The van der Waals surface area contributed by atoms with Crippen LogP contribution in [0.3, 0.4) is 0 Å². The van der Waals surface area contributed by atoms with Crippen molar-refractivity contribution in [3.8, 4) is 17.0 Å². The number of nitrogens with zero attached hydrogens (tertiary/aromatic N) is 1. The van der Waals surface area contributed by atoms with Crippen molar-refractivity contribution in [2.24, 2.45) is 5.73 Å². The number of nitrogens with two attached hydrogens (primary N) is 1. The molecular formula is C13H15BrN2OS. The largest absolute Gasteiger partial charge is 0.494 e. The molecule has 18 heavy (non-hydrogen) atoms. The van der Waals surface area contributed by atoms with Gasteiger partial charge in [-0.2, -0.15) is 0 Å². The summed E-state index contributed by atoms with van der Waals surface area (Å²) in [7, 11) is 0. The van der Waals surface area contributed by atoms with E-state index in [-0.39, 0.29) is 0 Å². The maximum absolute atomic E-state index is 5.53. The van der Waals surface area contributed by atoms with Crippen molar-refractivity contribution < 1.29 is 4.74 Å². The first-order valence-electron chi connectivity index (χ1n) is 5.81. The standard InChI is InChI=1S/C13H15BrN2OS/c1-2-17-9-3-4-10(11(14)7-9)12-8-18-13(16-12)5-6-15/h3-4,7-8H,2,5-6,15H2,1H3. The second-order valence-electron chi connectivity index (χ2n) is 3.74. The summed E-state index contributed by atoms with van der Waals surface area (Å²) in [4.78, 5) is 4.57. The summed E-state index contributed by atoms with van der Waals surface area (Å²) in [5.41, 5.74) is 7.60. The summed E-state index contributed by atoms with van der Waals surface area (Å²) in [6.45, 7) is 3.28. The first-order chi connectivity index (χ1) is 8.74. The number of halogens is 1. The third-order valence-corrected chi connectivity index (χ3v) is 4.00. The van der Waals surface area contributed by atoms with Crippen LogP contribution in [0.5, 0.6) is 5.75 Å². The van der Waals surface area contributed by atoms with Gasteiger partial charge in [-0.15, -0.1) is 11.3 Å². The molecule has 5 heteroatoms. The molecule has 0 aliphatic heterocycles. The number of aromatic nitrogens is 1. The highest BCUT2D eigenvalue weighted by Gasteiger charge is 2.08. The second kappa shape index (κ2) is 6.31. The van der Waals surface area contributed by atoms with Crippen molar-refractivity contribution >= 4 is 27.3 Å². The molecule has 2 N–H and O–H groups in total. The van der Waals surface area contributed by atoms with Gasteiger partial charge >= 0.3 is 0 Å². The Hall–Kier alpha value is -0.910. The van der Waals surface area contributed by atoms with E-state index in [4.69, 9.17) is 10.5 Å². The lowest BCUT2D eigenvalue weighted by Crippen LogP contribution is -2.02. The molecule has 2 rings (SSSR count). The van der Waals surface area contributed by atoms with Gasteiger partial charge in [0, 0.05) is 21.8 Å². The Labute approximate surface area is 119 Å². The minimum atomic E-state index is 0.636. The highest BCUT2D eigenvalue weighted by atomic mass is 79.9. The van der Waals surface area contributed by atoms with Crippen LogP contribution in [0.4, 0.5) is 0 Å². The molecule has 1 aromatic heterocycles. The minimum absolute atomic E-state index is 0.636. The second-order valence-corrected chi connectivity index (χ2v) is 5.54. The molecule has 1 heterocycles. The molecule has 0 fully saturated rings. The molecule has 0 radical (unpaired) electrons. The van der Waals surface area contributed by atoms with Crippen LogP contribution in [0, 0.1) is 0 Å². The molecule has 0 aliphatic rings. The predicted molar refractivity (Wildman–Crippen MR) is 79.2 cm³/mol. The average molecular weight is 327 g/mol. The van der Waals surface area contributed by atoms with Crippen LogP contribution in [0.15, 0.2) is 28.1 Å². The number of ether oxygens (including phenoxy) is 1. The van der Waals surface area contributed by atoms with Gasteiger partial charge in [0.25, 0.3) is 0 Å². The molecule has 0 amide bonds. The van der Waals surface area contributed by atoms with Gasteiger partial charge in [-0.1, -0.05) is 0 Å². The van der Waals surface area contributed by atoms with Crippen LogP contribution < -0.4 is 10.5 Å². The monoisotopic (exact) mass is 326 g/mol. The lowest BCUT2D eigenvalue weighted by atomic mass is 10.2. The van der Waals surface area contributed by atoms with Crippen LogP contribution in [0.1, 0.15) is 11.9 Å². The van der Waals surface area contributed by atoms with Crippen LogP contribution >= 0.6 is 27.3 Å². The molecule has 96 valence electrons. The number of benzene rings is 1. The number of rotatable bonds is 5. The van der Waals surface area contributed by atoms with Gasteiger partial charge in [0.05, 0.1) is 17.3 Å². The molecule has 0 spiro atoms. The first kappa shape index (κ1) is 13.5. The van der Waals surface area contributed by atoms with Gasteiger partial charge in [0.15, 0.2) is 0 Å². The van der Waals surface area contributed by atoms with Gasteiger partial charge < -0.3 is 10.5 Å². The van der Waals surface area contributed by atoms with E-state index in [1.54, 1.807) is 11.3 Å². The Balaban J connectivity index is 2.26. The highest BCUT2D eigenvalue weighted by molar-refractivity contribution is 9.10. The van der Waals surface area contributed by atoms with Crippen molar-refractivity contribution in [2.75, 3.05) is 13.2 Å². The van der Waals surface area contributed by atoms with Crippen LogP contribution in [-0.2, 0) is 6.42 Å². The van der Waals surface area contributed by atoms with E-state index < -0.39 is 0 Å². The summed E-state index contributed by atoms with van der Waals surface area (Å²) < 4.78 is 6.46. The molecule has 1 aromatic carbocycles. The van der Waals surface area contributed by atoms with Crippen LogP contribution in [0.2, 0.25) is 0 Å². The van der Waals surface area contributed by atoms with Crippen molar-refractivity contribution in [3.63, 3.8) is 0 Å². The maximum atomic E-state index is 5.53. The Bertz CT molecular complexity index is 527. The third kappa shape index (κ3) is 3.10. The molecule has 0 unspecified atom stereocenters. The van der Waals surface area contributed by atoms with E-state index in [1.165, 1.54) is 0 Å². The lowest BCUT2D eigenvalue weighted by molar-refractivity contribution is 0.340. The summed E-state index contributed by atoms with van der Waals surface area (Å²) in [6, 6.07) is 5.96. The van der Waals surface area contributed by atoms with Crippen LogP contribution in [0.25, 0.3) is 11.3 Å². The fraction of sp³-hybridized carbons (Fsp3) is 0.308. The van der Waals surface area contributed by atoms with Gasteiger partial charge in [-0.05, 0) is 47.6 Å². The number of thiazole rings is 1. The third-order valence-electron chi connectivity index (χ3n) is 2.44. The average Bonchev–Trinajstić information content (AvgIpc) is 2.78. The Kier molecular flexibility index (Phi) is 4.74. The first-order valence-corrected chi connectivity index (χ1v) is 7.49. The van der Waals surface area contributed by atoms with Crippen molar-refractivity contribution in [3.05, 3.63) is 33.1 Å². The van der Waals surface area contributed by atoms with Crippen molar-refractivity contribution in [1.29, 1.82) is 0 Å². The molecule has 0 aliphatic carbocycles. The van der Waals surface area contributed by atoms with Gasteiger partial charge in [-0.3, -0.25) is 0 Å². The van der Waals surface area contributed by atoms with Gasteiger partial charge in [0.1, 0.15) is 5.75 Å². The fourth-order valence-corrected chi connectivity index (χ4v) is 3.01. The summed E-state index contributed by atoms with van der Waals surface area (Å²) in [5.74, 6) is 0.866. The normalized spacial score (nSPS) is 10.6. The van der Waals surface area contributed by atoms with E-state index >= 15 is 0 Å². The maximum Gasteiger partial charge on any atom is 0.120 e. The van der Waals surface area contributed by atoms with Gasteiger partial charge in [-0.25, -0.2) is 4.98 Å². The summed E-state index contributed by atoms with van der Waals surface area (Å²) in [6.07, 6.45) is 0.833. The van der Waals surface area contributed by atoms with Crippen molar-refractivity contribution in [2.45, 2.75) is 13.3 Å². The minimum Gasteiger partial charge on any atom is -0.494 e. The van der Waals surface area contributed by atoms with E-state index in [9.17, 15) is 0 Å².